The maximum atomic E-state index is 11.9. The SMILES string of the molecule is COC(=O)/C=C(/c1ccc(C)cc1)N1CCCC1=O. The molecule has 4 heteroatoms. The topological polar surface area (TPSA) is 46.6 Å². The fourth-order valence-electron chi connectivity index (χ4n) is 2.11. The first-order valence-electron chi connectivity index (χ1n) is 6.29. The molecular weight excluding hydrogens is 242 g/mol. The Morgan fingerprint density at radius 3 is 2.53 bits per heavy atom. The van der Waals surface area contributed by atoms with Crippen LogP contribution < -0.4 is 0 Å². The molecule has 0 aromatic heterocycles. The first kappa shape index (κ1) is 13.3. The Balaban J connectivity index is 2.39. The number of esters is 1. The van der Waals surface area contributed by atoms with Gasteiger partial charge in [0, 0.05) is 19.0 Å². The number of rotatable bonds is 3. The third kappa shape index (κ3) is 3.02. The number of carbonyl (C=O) groups excluding carboxylic acids is 2. The Bertz CT molecular complexity index is 517. The summed E-state index contributed by atoms with van der Waals surface area (Å²) in [5.74, 6) is -0.397. The maximum Gasteiger partial charge on any atom is 0.332 e. The van der Waals surface area contributed by atoms with Gasteiger partial charge in [-0.3, -0.25) is 4.79 Å². The molecule has 4 nitrogen and oxygen atoms in total. The minimum atomic E-state index is -0.449. The van der Waals surface area contributed by atoms with Crippen LogP contribution in [0.1, 0.15) is 24.0 Å². The first-order valence-corrected chi connectivity index (χ1v) is 6.29. The highest BCUT2D eigenvalue weighted by molar-refractivity contribution is 5.96. The third-order valence-corrected chi connectivity index (χ3v) is 3.17. The summed E-state index contributed by atoms with van der Waals surface area (Å²) in [6.07, 6.45) is 2.74. The summed E-state index contributed by atoms with van der Waals surface area (Å²) in [4.78, 5) is 25.0. The smallest absolute Gasteiger partial charge is 0.332 e. The predicted octanol–water partition coefficient (Wildman–Crippen LogP) is 2.13. The molecule has 1 amide bonds. The lowest BCUT2D eigenvalue weighted by Gasteiger charge is -2.20. The summed E-state index contributed by atoms with van der Waals surface area (Å²) in [7, 11) is 1.33. The Hall–Kier alpha value is -2.10. The van der Waals surface area contributed by atoms with E-state index in [1.807, 2.05) is 31.2 Å². The van der Waals surface area contributed by atoms with Gasteiger partial charge in [0.25, 0.3) is 0 Å². The van der Waals surface area contributed by atoms with Crippen LogP contribution in [0.4, 0.5) is 0 Å². The van der Waals surface area contributed by atoms with Gasteiger partial charge in [0.1, 0.15) is 0 Å². The number of methoxy groups -OCH3 is 1. The second kappa shape index (κ2) is 5.69. The van der Waals surface area contributed by atoms with Crippen molar-refractivity contribution >= 4 is 17.6 Å². The summed E-state index contributed by atoms with van der Waals surface area (Å²) in [5.41, 5.74) is 2.61. The van der Waals surface area contributed by atoms with Crippen molar-refractivity contribution in [1.82, 2.24) is 4.90 Å². The summed E-state index contributed by atoms with van der Waals surface area (Å²) < 4.78 is 4.67. The molecule has 0 bridgehead atoms. The van der Waals surface area contributed by atoms with Crippen LogP contribution in [0.3, 0.4) is 0 Å². The Morgan fingerprint density at radius 2 is 2.00 bits per heavy atom. The van der Waals surface area contributed by atoms with Gasteiger partial charge in [-0.15, -0.1) is 0 Å². The van der Waals surface area contributed by atoms with E-state index in [0.717, 1.165) is 17.5 Å². The molecule has 1 aromatic rings. The zero-order valence-electron chi connectivity index (χ0n) is 11.2. The Morgan fingerprint density at radius 1 is 1.32 bits per heavy atom. The molecule has 0 unspecified atom stereocenters. The number of amides is 1. The average molecular weight is 259 g/mol. The molecule has 1 aromatic carbocycles. The first-order chi connectivity index (χ1) is 9.11. The molecule has 0 saturated carbocycles. The van der Waals surface area contributed by atoms with Crippen LogP contribution in [-0.4, -0.2) is 30.4 Å². The van der Waals surface area contributed by atoms with Crippen molar-refractivity contribution in [1.29, 1.82) is 0 Å². The van der Waals surface area contributed by atoms with E-state index in [1.54, 1.807) is 4.90 Å². The highest BCUT2D eigenvalue weighted by Gasteiger charge is 2.25. The fourth-order valence-corrected chi connectivity index (χ4v) is 2.11. The molecule has 2 rings (SSSR count). The van der Waals surface area contributed by atoms with Crippen molar-refractivity contribution in [2.75, 3.05) is 13.7 Å². The predicted molar refractivity (Wildman–Crippen MR) is 72.1 cm³/mol. The number of likely N-dealkylation sites (tertiary alicyclic amines) is 1. The van der Waals surface area contributed by atoms with Crippen molar-refractivity contribution < 1.29 is 14.3 Å². The van der Waals surface area contributed by atoms with Crippen LogP contribution in [-0.2, 0) is 14.3 Å². The van der Waals surface area contributed by atoms with Gasteiger partial charge in [-0.2, -0.15) is 0 Å². The molecule has 1 saturated heterocycles. The van der Waals surface area contributed by atoms with E-state index in [0.29, 0.717) is 18.7 Å². The summed E-state index contributed by atoms with van der Waals surface area (Å²) in [5, 5.41) is 0. The molecule has 1 fully saturated rings. The van der Waals surface area contributed by atoms with Gasteiger partial charge >= 0.3 is 5.97 Å². The highest BCUT2D eigenvalue weighted by atomic mass is 16.5. The van der Waals surface area contributed by atoms with Crippen LogP contribution in [0.15, 0.2) is 30.3 Å². The van der Waals surface area contributed by atoms with E-state index in [9.17, 15) is 9.59 Å². The number of hydrogen-bond donors (Lipinski definition) is 0. The monoisotopic (exact) mass is 259 g/mol. The van der Waals surface area contributed by atoms with Crippen LogP contribution in [0.5, 0.6) is 0 Å². The fraction of sp³-hybridized carbons (Fsp3) is 0.333. The summed E-state index contributed by atoms with van der Waals surface area (Å²) >= 11 is 0. The molecular formula is C15H17NO3. The molecule has 0 radical (unpaired) electrons. The molecule has 19 heavy (non-hydrogen) atoms. The number of benzene rings is 1. The van der Waals surface area contributed by atoms with Crippen LogP contribution in [0.25, 0.3) is 5.70 Å². The highest BCUT2D eigenvalue weighted by Crippen LogP contribution is 2.25. The summed E-state index contributed by atoms with van der Waals surface area (Å²) in [6, 6.07) is 7.74. The maximum absolute atomic E-state index is 11.9. The molecule has 1 heterocycles. The van der Waals surface area contributed by atoms with Crippen molar-refractivity contribution in [3.8, 4) is 0 Å². The molecule has 0 spiro atoms. The molecule has 0 N–H and O–H groups in total. The number of carbonyl (C=O) groups is 2. The largest absolute Gasteiger partial charge is 0.466 e. The van der Waals surface area contributed by atoms with Gasteiger partial charge in [0.2, 0.25) is 5.91 Å². The van der Waals surface area contributed by atoms with Gasteiger partial charge in [-0.1, -0.05) is 29.8 Å². The van der Waals surface area contributed by atoms with Crippen molar-refractivity contribution in [2.45, 2.75) is 19.8 Å². The van der Waals surface area contributed by atoms with E-state index in [1.165, 1.54) is 13.2 Å². The van der Waals surface area contributed by atoms with Crippen molar-refractivity contribution in [3.05, 3.63) is 41.5 Å². The molecule has 100 valence electrons. The van der Waals surface area contributed by atoms with E-state index in [2.05, 4.69) is 4.74 Å². The van der Waals surface area contributed by atoms with Crippen molar-refractivity contribution in [2.24, 2.45) is 0 Å². The lowest BCUT2D eigenvalue weighted by molar-refractivity contribution is -0.134. The van der Waals surface area contributed by atoms with E-state index in [4.69, 9.17) is 0 Å². The minimum Gasteiger partial charge on any atom is -0.466 e. The van der Waals surface area contributed by atoms with Gasteiger partial charge in [-0.25, -0.2) is 4.79 Å². The van der Waals surface area contributed by atoms with E-state index < -0.39 is 5.97 Å². The lowest BCUT2D eigenvalue weighted by atomic mass is 10.1. The zero-order valence-corrected chi connectivity index (χ0v) is 11.2. The third-order valence-electron chi connectivity index (χ3n) is 3.17. The Kier molecular flexibility index (Phi) is 4.00. The van der Waals surface area contributed by atoms with Gasteiger partial charge in [0.15, 0.2) is 0 Å². The molecule has 0 atom stereocenters. The standard InChI is InChI=1S/C15H17NO3/c1-11-5-7-12(8-6-11)13(10-15(18)19-2)16-9-3-4-14(16)17/h5-8,10H,3-4,9H2,1-2H3/b13-10-. The molecule has 1 aliphatic heterocycles. The zero-order chi connectivity index (χ0) is 13.8. The second-order valence-corrected chi connectivity index (χ2v) is 4.57. The number of aryl methyl sites for hydroxylation is 1. The number of ether oxygens (including phenoxy) is 1. The number of nitrogens with zero attached hydrogens (tertiary/aromatic N) is 1. The Labute approximate surface area is 112 Å². The lowest BCUT2D eigenvalue weighted by Crippen LogP contribution is -2.23. The van der Waals surface area contributed by atoms with Crippen LogP contribution >= 0.6 is 0 Å². The van der Waals surface area contributed by atoms with E-state index in [-0.39, 0.29) is 5.91 Å². The van der Waals surface area contributed by atoms with Gasteiger partial charge in [-0.05, 0) is 18.9 Å². The quantitative estimate of drug-likeness (QED) is 0.617. The second-order valence-electron chi connectivity index (χ2n) is 4.57. The molecule has 1 aliphatic rings. The minimum absolute atomic E-state index is 0.0516. The number of hydrogen-bond acceptors (Lipinski definition) is 3. The van der Waals surface area contributed by atoms with Crippen LogP contribution in [0.2, 0.25) is 0 Å². The average Bonchev–Trinajstić information content (AvgIpc) is 2.83. The van der Waals surface area contributed by atoms with E-state index >= 15 is 0 Å². The van der Waals surface area contributed by atoms with Crippen LogP contribution in [0, 0.1) is 6.92 Å². The van der Waals surface area contributed by atoms with Gasteiger partial charge < -0.3 is 9.64 Å². The summed E-state index contributed by atoms with van der Waals surface area (Å²) in [6.45, 7) is 2.64. The normalized spacial score (nSPS) is 15.8. The van der Waals surface area contributed by atoms with Gasteiger partial charge in [0.05, 0.1) is 12.8 Å². The van der Waals surface area contributed by atoms with Crippen molar-refractivity contribution in [3.63, 3.8) is 0 Å². The molecule has 0 aliphatic carbocycles.